The first-order chi connectivity index (χ1) is 9.88. The number of hydrogen-bond donors (Lipinski definition) is 3. The van der Waals surface area contributed by atoms with Crippen LogP contribution in [0.15, 0.2) is 6.07 Å². The molecule has 1 rings (SSSR count). The summed E-state index contributed by atoms with van der Waals surface area (Å²) in [6, 6.07) is 1.29. The Balaban J connectivity index is 3.52. The van der Waals surface area contributed by atoms with Crippen LogP contribution in [0.1, 0.15) is 18.1 Å². The number of nitrogens with two attached hydrogens (primary N) is 1. The number of benzene rings is 1. The monoisotopic (exact) mass is 294 g/mol. The maximum atomic E-state index is 12.2. The third kappa shape index (κ3) is 3.18. The molecular formula is C14H22N4O3. The first kappa shape index (κ1) is 16.6. The van der Waals surface area contributed by atoms with Gasteiger partial charge in [0.1, 0.15) is 0 Å². The van der Waals surface area contributed by atoms with Gasteiger partial charge < -0.3 is 20.5 Å². The zero-order chi connectivity index (χ0) is 16.2. The lowest BCUT2D eigenvalue weighted by Gasteiger charge is -2.26. The number of aryl methyl sites for hydroxylation is 1. The fourth-order valence-electron chi connectivity index (χ4n) is 2.23. The molecule has 7 heteroatoms. The molecule has 116 valence electrons. The van der Waals surface area contributed by atoms with Crippen LogP contribution in [0, 0.1) is 19.3 Å². The number of carbonyl (C=O) groups excluding carboxylic acids is 1. The summed E-state index contributed by atoms with van der Waals surface area (Å²) in [5.41, 5.74) is 7.53. The van der Waals surface area contributed by atoms with Gasteiger partial charge in [0.05, 0.1) is 19.9 Å². The van der Waals surface area contributed by atoms with Crippen molar-refractivity contribution in [2.75, 3.05) is 25.7 Å². The molecule has 0 aliphatic rings. The largest absolute Gasteiger partial charge is 0.493 e. The third-order valence-electron chi connectivity index (χ3n) is 3.06. The number of ether oxygens (including phenoxy) is 2. The first-order valence-corrected chi connectivity index (χ1v) is 6.53. The van der Waals surface area contributed by atoms with E-state index in [4.69, 9.17) is 20.6 Å². The van der Waals surface area contributed by atoms with Crippen molar-refractivity contribution in [2.45, 2.75) is 20.8 Å². The maximum absolute atomic E-state index is 12.2. The SMILES string of the molecule is CCNC(=O)N(C(=N)N)c1c(C)cc(OC)c(OC)c1C. The number of urea groups is 1. The fourth-order valence-corrected chi connectivity index (χ4v) is 2.23. The van der Waals surface area contributed by atoms with E-state index in [0.29, 0.717) is 29.3 Å². The van der Waals surface area contributed by atoms with Gasteiger partial charge in [-0.1, -0.05) is 0 Å². The van der Waals surface area contributed by atoms with Gasteiger partial charge in [0.15, 0.2) is 11.5 Å². The predicted molar refractivity (Wildman–Crippen MR) is 82.5 cm³/mol. The predicted octanol–water partition coefficient (Wildman–Crippen LogP) is 1.75. The highest BCUT2D eigenvalue weighted by Gasteiger charge is 2.25. The Kier molecular flexibility index (Phi) is 5.40. The van der Waals surface area contributed by atoms with E-state index in [2.05, 4.69) is 5.32 Å². The second-order valence-electron chi connectivity index (χ2n) is 4.46. The van der Waals surface area contributed by atoms with Crippen molar-refractivity contribution in [3.8, 4) is 11.5 Å². The van der Waals surface area contributed by atoms with Gasteiger partial charge >= 0.3 is 6.03 Å². The van der Waals surface area contributed by atoms with E-state index in [-0.39, 0.29) is 5.96 Å². The highest BCUT2D eigenvalue weighted by atomic mass is 16.5. The number of amides is 2. The average Bonchev–Trinajstić information content (AvgIpc) is 2.42. The van der Waals surface area contributed by atoms with E-state index in [1.807, 2.05) is 6.92 Å². The lowest BCUT2D eigenvalue weighted by molar-refractivity contribution is 0.249. The Labute approximate surface area is 124 Å². The molecule has 21 heavy (non-hydrogen) atoms. The van der Waals surface area contributed by atoms with E-state index in [1.165, 1.54) is 7.11 Å². The first-order valence-electron chi connectivity index (χ1n) is 6.53. The van der Waals surface area contributed by atoms with Gasteiger partial charge in [0.25, 0.3) is 0 Å². The smallest absolute Gasteiger partial charge is 0.328 e. The molecule has 0 bridgehead atoms. The molecule has 1 aromatic rings. The minimum atomic E-state index is -0.455. The van der Waals surface area contributed by atoms with Crippen LogP contribution in [0.4, 0.5) is 10.5 Å². The molecule has 0 radical (unpaired) electrons. The van der Waals surface area contributed by atoms with Crippen LogP contribution in [0.5, 0.6) is 11.5 Å². The normalized spacial score (nSPS) is 9.95. The van der Waals surface area contributed by atoms with E-state index >= 15 is 0 Å². The molecule has 7 nitrogen and oxygen atoms in total. The van der Waals surface area contributed by atoms with Crippen LogP contribution < -0.4 is 25.4 Å². The molecule has 0 saturated carbocycles. The number of carbonyl (C=O) groups is 1. The topological polar surface area (TPSA) is 101 Å². The summed E-state index contributed by atoms with van der Waals surface area (Å²) >= 11 is 0. The van der Waals surface area contributed by atoms with E-state index < -0.39 is 6.03 Å². The number of nitrogens with zero attached hydrogens (tertiary/aromatic N) is 1. The van der Waals surface area contributed by atoms with Crippen molar-refractivity contribution in [2.24, 2.45) is 5.73 Å². The van der Waals surface area contributed by atoms with Gasteiger partial charge in [-0.25, -0.2) is 9.69 Å². The highest BCUT2D eigenvalue weighted by Crippen LogP contribution is 2.39. The van der Waals surface area contributed by atoms with Gasteiger partial charge in [0.2, 0.25) is 5.96 Å². The number of methoxy groups -OCH3 is 2. The van der Waals surface area contributed by atoms with Crippen LogP contribution in [0.2, 0.25) is 0 Å². The lowest BCUT2D eigenvalue weighted by Crippen LogP contribution is -2.47. The van der Waals surface area contributed by atoms with Gasteiger partial charge in [0, 0.05) is 12.1 Å². The average molecular weight is 294 g/mol. The van der Waals surface area contributed by atoms with Gasteiger partial charge in [-0.15, -0.1) is 0 Å². The number of nitrogens with one attached hydrogen (secondary N) is 2. The van der Waals surface area contributed by atoms with Crippen LogP contribution in [0.3, 0.4) is 0 Å². The number of hydrogen-bond acceptors (Lipinski definition) is 4. The minimum Gasteiger partial charge on any atom is -0.493 e. The Morgan fingerprint density at radius 3 is 2.43 bits per heavy atom. The molecule has 4 N–H and O–H groups in total. The second kappa shape index (κ2) is 6.83. The summed E-state index contributed by atoms with van der Waals surface area (Å²) in [5, 5.41) is 10.3. The Morgan fingerprint density at radius 1 is 1.38 bits per heavy atom. The molecule has 0 spiro atoms. The fraction of sp³-hybridized carbons (Fsp3) is 0.429. The quantitative estimate of drug-likeness (QED) is 0.581. The summed E-state index contributed by atoms with van der Waals surface area (Å²) in [4.78, 5) is 13.3. The summed E-state index contributed by atoms with van der Waals surface area (Å²) in [6.45, 7) is 5.84. The van der Waals surface area contributed by atoms with Crippen molar-refractivity contribution in [3.63, 3.8) is 0 Å². The molecule has 0 aliphatic carbocycles. The van der Waals surface area contributed by atoms with Crippen molar-refractivity contribution < 1.29 is 14.3 Å². The number of anilines is 1. The Hall–Kier alpha value is -2.44. The minimum absolute atomic E-state index is 0.362. The van der Waals surface area contributed by atoms with Crippen molar-refractivity contribution in [3.05, 3.63) is 17.2 Å². The summed E-state index contributed by atoms with van der Waals surface area (Å²) < 4.78 is 10.6. The van der Waals surface area contributed by atoms with E-state index in [0.717, 1.165) is 10.5 Å². The van der Waals surface area contributed by atoms with Crippen LogP contribution >= 0.6 is 0 Å². The molecule has 0 fully saturated rings. The van der Waals surface area contributed by atoms with Crippen LogP contribution in [-0.4, -0.2) is 32.8 Å². The number of rotatable bonds is 4. The molecule has 0 heterocycles. The Bertz CT molecular complexity index is 558. The van der Waals surface area contributed by atoms with Crippen molar-refractivity contribution >= 4 is 17.7 Å². The second-order valence-corrected chi connectivity index (χ2v) is 4.46. The molecule has 0 aromatic heterocycles. The van der Waals surface area contributed by atoms with Gasteiger partial charge in [-0.2, -0.15) is 0 Å². The van der Waals surface area contributed by atoms with Gasteiger partial charge in [-0.05, 0) is 32.4 Å². The summed E-state index contributed by atoms with van der Waals surface area (Å²) in [6.07, 6.45) is 0. The van der Waals surface area contributed by atoms with Crippen molar-refractivity contribution in [1.29, 1.82) is 5.41 Å². The lowest BCUT2D eigenvalue weighted by atomic mass is 10.1. The molecule has 1 aromatic carbocycles. The van der Waals surface area contributed by atoms with Crippen LogP contribution in [-0.2, 0) is 0 Å². The molecule has 0 atom stereocenters. The van der Waals surface area contributed by atoms with Gasteiger partial charge in [-0.3, -0.25) is 5.41 Å². The maximum Gasteiger partial charge on any atom is 0.328 e. The summed E-state index contributed by atoms with van der Waals surface area (Å²) in [7, 11) is 3.07. The standard InChI is InChI=1S/C14H22N4O3/c1-6-17-14(19)18(13(15)16)11-8(2)7-10(20-4)12(21-5)9(11)3/h7H,6H2,1-5H3,(H3,15,16)(H,17,19). The molecule has 2 amide bonds. The number of guanidine groups is 1. The van der Waals surface area contributed by atoms with E-state index in [9.17, 15) is 4.79 Å². The van der Waals surface area contributed by atoms with Crippen LogP contribution in [0.25, 0.3) is 0 Å². The molecule has 0 saturated heterocycles. The van der Waals surface area contributed by atoms with E-state index in [1.54, 1.807) is 27.0 Å². The summed E-state index contributed by atoms with van der Waals surface area (Å²) in [5.74, 6) is 0.712. The third-order valence-corrected chi connectivity index (χ3v) is 3.06. The van der Waals surface area contributed by atoms with Crippen molar-refractivity contribution in [1.82, 2.24) is 5.32 Å². The molecule has 0 unspecified atom stereocenters. The molecule has 0 aliphatic heterocycles. The highest BCUT2D eigenvalue weighted by molar-refractivity contribution is 6.15. The zero-order valence-corrected chi connectivity index (χ0v) is 13.0. The Morgan fingerprint density at radius 2 is 2.00 bits per heavy atom. The zero-order valence-electron chi connectivity index (χ0n) is 13.0. The molecular weight excluding hydrogens is 272 g/mol.